The number of amides is 1. The molecular weight excluding hydrogens is 348 g/mol. The van der Waals surface area contributed by atoms with Crippen molar-refractivity contribution < 1.29 is 4.79 Å². The Bertz CT molecular complexity index is 605. The van der Waals surface area contributed by atoms with Crippen LogP contribution in [0.4, 0.5) is 5.13 Å². The molecule has 19 heavy (non-hydrogen) atoms. The Morgan fingerprint density at radius 1 is 1.53 bits per heavy atom. The molecular formula is C11H11BrN4OS2. The average molecular weight is 359 g/mol. The van der Waals surface area contributed by atoms with Crippen LogP contribution in [0, 0.1) is 6.92 Å². The van der Waals surface area contributed by atoms with Crippen molar-refractivity contribution in [2.75, 3.05) is 18.0 Å². The molecule has 8 heteroatoms. The lowest BCUT2D eigenvalue weighted by molar-refractivity contribution is 0.0934. The second-order valence-corrected chi connectivity index (χ2v) is 7.30. The van der Waals surface area contributed by atoms with Crippen LogP contribution < -0.4 is 10.2 Å². The molecule has 1 N–H and O–H groups in total. The van der Waals surface area contributed by atoms with Crippen LogP contribution in [0.1, 0.15) is 14.7 Å². The molecule has 3 heterocycles. The Hall–Kier alpha value is -0.990. The van der Waals surface area contributed by atoms with E-state index in [0.29, 0.717) is 0 Å². The van der Waals surface area contributed by atoms with Gasteiger partial charge in [0, 0.05) is 22.9 Å². The number of thiophene rings is 1. The van der Waals surface area contributed by atoms with Crippen molar-refractivity contribution in [2.24, 2.45) is 0 Å². The molecule has 0 aliphatic carbocycles. The Morgan fingerprint density at radius 3 is 2.89 bits per heavy atom. The van der Waals surface area contributed by atoms with E-state index in [0.717, 1.165) is 32.6 Å². The monoisotopic (exact) mass is 358 g/mol. The van der Waals surface area contributed by atoms with E-state index in [4.69, 9.17) is 0 Å². The number of carbonyl (C=O) groups is 1. The summed E-state index contributed by atoms with van der Waals surface area (Å²) >= 11 is 6.37. The van der Waals surface area contributed by atoms with Gasteiger partial charge in [-0.1, -0.05) is 11.3 Å². The summed E-state index contributed by atoms with van der Waals surface area (Å²) in [6.07, 6.45) is 0. The molecule has 1 aliphatic rings. The van der Waals surface area contributed by atoms with Gasteiger partial charge in [-0.3, -0.25) is 4.79 Å². The molecule has 0 saturated carbocycles. The third-order valence-electron chi connectivity index (χ3n) is 2.79. The number of rotatable bonds is 3. The van der Waals surface area contributed by atoms with Crippen LogP contribution in [0.15, 0.2) is 15.9 Å². The first-order valence-electron chi connectivity index (χ1n) is 5.72. The summed E-state index contributed by atoms with van der Waals surface area (Å²) in [5.74, 6) is -0.00575. The maximum absolute atomic E-state index is 11.9. The number of aryl methyl sites for hydroxylation is 1. The summed E-state index contributed by atoms with van der Waals surface area (Å²) < 4.78 is 0.947. The van der Waals surface area contributed by atoms with Crippen LogP contribution in [0.5, 0.6) is 0 Å². The molecule has 0 spiro atoms. The number of hydrogen-bond donors (Lipinski definition) is 1. The van der Waals surface area contributed by atoms with E-state index in [1.165, 1.54) is 11.3 Å². The van der Waals surface area contributed by atoms with Gasteiger partial charge in [-0.25, -0.2) is 0 Å². The van der Waals surface area contributed by atoms with Gasteiger partial charge in [0.15, 0.2) is 0 Å². The summed E-state index contributed by atoms with van der Waals surface area (Å²) in [6, 6.07) is 2.03. The summed E-state index contributed by atoms with van der Waals surface area (Å²) in [4.78, 5) is 14.8. The zero-order valence-corrected chi connectivity index (χ0v) is 13.3. The summed E-state index contributed by atoms with van der Waals surface area (Å²) in [5.41, 5.74) is 0. The quantitative estimate of drug-likeness (QED) is 0.914. The lowest BCUT2D eigenvalue weighted by Gasteiger charge is -2.38. The Balaban J connectivity index is 1.53. The first-order valence-corrected chi connectivity index (χ1v) is 8.20. The molecule has 2 aromatic rings. The van der Waals surface area contributed by atoms with Crippen LogP contribution >= 0.6 is 38.6 Å². The van der Waals surface area contributed by atoms with Gasteiger partial charge in [0.2, 0.25) is 5.13 Å². The van der Waals surface area contributed by atoms with E-state index in [9.17, 15) is 4.79 Å². The summed E-state index contributed by atoms with van der Waals surface area (Å²) in [7, 11) is 0. The molecule has 0 atom stereocenters. The molecule has 1 saturated heterocycles. The highest BCUT2D eigenvalue weighted by Gasteiger charge is 2.30. The maximum Gasteiger partial charge on any atom is 0.261 e. The van der Waals surface area contributed by atoms with E-state index < -0.39 is 0 Å². The van der Waals surface area contributed by atoms with Gasteiger partial charge in [0.1, 0.15) is 5.01 Å². The number of hydrogen-bond acceptors (Lipinski definition) is 6. The van der Waals surface area contributed by atoms with Gasteiger partial charge in [-0.15, -0.1) is 21.5 Å². The number of anilines is 1. The van der Waals surface area contributed by atoms with Gasteiger partial charge in [-0.05, 0) is 28.9 Å². The number of nitrogens with zero attached hydrogens (tertiary/aromatic N) is 3. The number of aromatic nitrogens is 2. The van der Waals surface area contributed by atoms with E-state index in [1.54, 1.807) is 11.3 Å². The largest absolute Gasteiger partial charge is 0.345 e. The van der Waals surface area contributed by atoms with Crippen molar-refractivity contribution in [2.45, 2.75) is 13.0 Å². The minimum atomic E-state index is -0.00575. The third-order valence-corrected chi connectivity index (χ3v) is 5.38. The van der Waals surface area contributed by atoms with Gasteiger partial charge < -0.3 is 10.2 Å². The van der Waals surface area contributed by atoms with Crippen molar-refractivity contribution in [1.82, 2.24) is 15.5 Å². The fourth-order valence-electron chi connectivity index (χ4n) is 1.83. The van der Waals surface area contributed by atoms with Gasteiger partial charge >= 0.3 is 0 Å². The SMILES string of the molecule is Cc1nnc(N2CC(NC(=O)c3cc(Br)cs3)C2)s1. The first-order chi connectivity index (χ1) is 9.11. The minimum Gasteiger partial charge on any atom is -0.345 e. The van der Waals surface area contributed by atoms with Gasteiger partial charge in [0.05, 0.1) is 10.9 Å². The highest BCUT2D eigenvalue weighted by atomic mass is 79.9. The smallest absolute Gasteiger partial charge is 0.261 e. The minimum absolute atomic E-state index is 0.00575. The zero-order chi connectivity index (χ0) is 13.4. The van der Waals surface area contributed by atoms with Crippen molar-refractivity contribution >= 4 is 49.6 Å². The van der Waals surface area contributed by atoms with Gasteiger partial charge in [-0.2, -0.15) is 0 Å². The average Bonchev–Trinajstić information content (AvgIpc) is 2.92. The predicted molar refractivity (Wildman–Crippen MR) is 80.1 cm³/mol. The van der Waals surface area contributed by atoms with Crippen molar-refractivity contribution in [1.29, 1.82) is 0 Å². The topological polar surface area (TPSA) is 58.1 Å². The second-order valence-electron chi connectivity index (χ2n) is 4.31. The van der Waals surface area contributed by atoms with Crippen molar-refractivity contribution in [3.05, 3.63) is 25.8 Å². The highest BCUT2D eigenvalue weighted by Crippen LogP contribution is 2.25. The van der Waals surface area contributed by atoms with Crippen LogP contribution in [-0.2, 0) is 0 Å². The maximum atomic E-state index is 11.9. The molecule has 0 radical (unpaired) electrons. The molecule has 1 fully saturated rings. The molecule has 0 aromatic carbocycles. The van der Waals surface area contributed by atoms with Crippen molar-refractivity contribution in [3.63, 3.8) is 0 Å². The molecule has 0 bridgehead atoms. The van der Waals surface area contributed by atoms with E-state index in [-0.39, 0.29) is 11.9 Å². The number of carbonyl (C=O) groups excluding carboxylic acids is 1. The third kappa shape index (κ3) is 2.80. The van der Waals surface area contributed by atoms with E-state index >= 15 is 0 Å². The first kappa shape index (κ1) is 13.0. The summed E-state index contributed by atoms with van der Waals surface area (Å²) in [5, 5.41) is 14.9. The standard InChI is InChI=1S/C11H11BrN4OS2/c1-6-14-15-11(19-6)16-3-8(4-16)13-10(17)9-2-7(12)5-18-9/h2,5,8H,3-4H2,1H3,(H,13,17). The molecule has 1 aliphatic heterocycles. The van der Waals surface area contributed by atoms with Crippen LogP contribution in [0.25, 0.3) is 0 Å². The zero-order valence-electron chi connectivity index (χ0n) is 10.1. The normalized spacial score (nSPS) is 15.4. The van der Waals surface area contributed by atoms with Gasteiger partial charge in [0.25, 0.3) is 5.91 Å². The molecule has 1 amide bonds. The summed E-state index contributed by atoms with van der Waals surface area (Å²) in [6.45, 7) is 3.54. The molecule has 100 valence electrons. The van der Waals surface area contributed by atoms with Crippen molar-refractivity contribution in [3.8, 4) is 0 Å². The fourth-order valence-corrected chi connectivity index (χ4v) is 3.86. The Labute approximate surface area is 126 Å². The highest BCUT2D eigenvalue weighted by molar-refractivity contribution is 9.10. The second kappa shape index (κ2) is 5.18. The predicted octanol–water partition coefficient (Wildman–Crippen LogP) is 2.29. The van der Waals surface area contributed by atoms with E-state index in [1.807, 2.05) is 18.4 Å². The van der Waals surface area contributed by atoms with Crippen LogP contribution in [-0.4, -0.2) is 35.2 Å². The lowest BCUT2D eigenvalue weighted by Crippen LogP contribution is -2.59. The van der Waals surface area contributed by atoms with E-state index in [2.05, 4.69) is 36.3 Å². The fraction of sp³-hybridized carbons (Fsp3) is 0.364. The number of halogens is 1. The lowest BCUT2D eigenvalue weighted by atomic mass is 10.1. The van der Waals surface area contributed by atoms with Crippen LogP contribution in [0.2, 0.25) is 0 Å². The number of nitrogens with one attached hydrogen (secondary N) is 1. The Morgan fingerprint density at radius 2 is 2.32 bits per heavy atom. The Kier molecular flexibility index (Phi) is 3.55. The molecule has 3 rings (SSSR count). The molecule has 5 nitrogen and oxygen atoms in total. The molecule has 0 unspecified atom stereocenters. The molecule has 2 aromatic heterocycles. The van der Waals surface area contributed by atoms with Crippen LogP contribution in [0.3, 0.4) is 0 Å².